The van der Waals surface area contributed by atoms with E-state index in [4.69, 9.17) is 0 Å². The third-order valence-electron chi connectivity index (χ3n) is 3.44. The second-order valence-electron chi connectivity index (χ2n) is 5.18. The minimum Gasteiger partial charge on any atom is -0.331 e. The predicted molar refractivity (Wildman–Crippen MR) is 93.9 cm³/mol. The van der Waals surface area contributed by atoms with E-state index in [9.17, 15) is 4.79 Å². The average molecular weight is 387 g/mol. The zero-order valence-electron chi connectivity index (χ0n) is 12.8. The van der Waals surface area contributed by atoms with Gasteiger partial charge in [0.25, 0.3) is 0 Å². The number of hydrogen-bond acceptors (Lipinski definition) is 4. The zero-order chi connectivity index (χ0) is 16.9. The summed E-state index contributed by atoms with van der Waals surface area (Å²) in [5.74, 6) is 0. The number of carbonyl (C=O) groups excluding carboxylic acids is 1. The zero-order valence-corrected chi connectivity index (χ0v) is 14.4. The number of amides is 2. The first-order valence-corrected chi connectivity index (χ1v) is 8.07. The Morgan fingerprint density at radius 2 is 2.00 bits per heavy atom. The van der Waals surface area contributed by atoms with Crippen LogP contribution in [-0.4, -0.2) is 26.2 Å². The normalized spacial score (nSPS) is 11.8. The predicted octanol–water partition coefficient (Wildman–Crippen LogP) is 3.31. The van der Waals surface area contributed by atoms with Crippen molar-refractivity contribution in [3.8, 4) is 5.69 Å². The van der Waals surface area contributed by atoms with E-state index in [-0.39, 0.29) is 12.1 Å². The molecular weight excluding hydrogens is 372 g/mol. The molecule has 122 valence electrons. The molecule has 0 aliphatic rings. The summed E-state index contributed by atoms with van der Waals surface area (Å²) in [4.78, 5) is 12.1. The van der Waals surface area contributed by atoms with E-state index in [0.29, 0.717) is 5.69 Å². The maximum Gasteiger partial charge on any atom is 0.319 e. The van der Waals surface area contributed by atoms with Crippen LogP contribution in [0.15, 0.2) is 59.3 Å². The van der Waals surface area contributed by atoms with Crippen LogP contribution >= 0.6 is 15.9 Å². The van der Waals surface area contributed by atoms with Gasteiger partial charge in [0.1, 0.15) is 6.33 Å². The summed E-state index contributed by atoms with van der Waals surface area (Å²) in [5.41, 5.74) is 2.52. The van der Waals surface area contributed by atoms with Crippen LogP contribution in [0.25, 0.3) is 5.69 Å². The number of urea groups is 1. The third-order valence-corrected chi connectivity index (χ3v) is 3.93. The Morgan fingerprint density at radius 1 is 1.21 bits per heavy atom. The van der Waals surface area contributed by atoms with E-state index in [0.717, 1.165) is 15.7 Å². The van der Waals surface area contributed by atoms with Crippen LogP contribution in [0.3, 0.4) is 0 Å². The van der Waals surface area contributed by atoms with E-state index in [1.54, 1.807) is 16.8 Å². The molecule has 2 amide bonds. The number of aromatic nitrogens is 4. The van der Waals surface area contributed by atoms with E-state index in [2.05, 4.69) is 42.1 Å². The van der Waals surface area contributed by atoms with Gasteiger partial charge in [-0.1, -0.05) is 28.1 Å². The number of tetrazole rings is 1. The SMILES string of the molecule is C[C@H](NC(=O)Nc1ccc(-n2cnnn2)cc1)c1cccc(Br)c1. The van der Waals surface area contributed by atoms with Crippen molar-refractivity contribution < 1.29 is 4.79 Å². The largest absolute Gasteiger partial charge is 0.331 e. The van der Waals surface area contributed by atoms with Gasteiger partial charge >= 0.3 is 6.03 Å². The van der Waals surface area contributed by atoms with Crippen LogP contribution in [0.1, 0.15) is 18.5 Å². The number of hydrogen-bond donors (Lipinski definition) is 2. The van der Waals surface area contributed by atoms with Gasteiger partial charge in [-0.2, -0.15) is 0 Å². The molecule has 0 fully saturated rings. The van der Waals surface area contributed by atoms with Crippen molar-refractivity contribution in [1.82, 2.24) is 25.5 Å². The topological polar surface area (TPSA) is 84.7 Å². The number of benzene rings is 2. The van der Waals surface area contributed by atoms with Gasteiger partial charge in [0.2, 0.25) is 0 Å². The number of halogens is 1. The molecule has 0 aliphatic heterocycles. The van der Waals surface area contributed by atoms with Crippen molar-refractivity contribution in [2.75, 3.05) is 5.32 Å². The van der Waals surface area contributed by atoms with Gasteiger partial charge in [-0.25, -0.2) is 9.48 Å². The van der Waals surface area contributed by atoms with Gasteiger partial charge in [-0.15, -0.1) is 5.10 Å². The summed E-state index contributed by atoms with van der Waals surface area (Å²) in [6.07, 6.45) is 1.51. The fourth-order valence-corrected chi connectivity index (χ4v) is 2.62. The van der Waals surface area contributed by atoms with Crippen molar-refractivity contribution in [2.45, 2.75) is 13.0 Å². The lowest BCUT2D eigenvalue weighted by atomic mass is 10.1. The first-order valence-electron chi connectivity index (χ1n) is 7.28. The molecule has 3 aromatic rings. The molecule has 0 aliphatic carbocycles. The Kier molecular flexibility index (Phi) is 4.85. The standard InChI is InChI=1S/C16H15BrN6O/c1-11(12-3-2-4-13(17)9-12)19-16(24)20-14-5-7-15(8-6-14)23-10-18-21-22-23/h2-11H,1H3,(H2,19,20,24)/t11-/m0/s1. The molecule has 1 atom stereocenters. The van der Waals surface area contributed by atoms with Crippen LogP contribution in [0.4, 0.5) is 10.5 Å². The molecule has 1 heterocycles. The van der Waals surface area contributed by atoms with E-state index in [1.807, 2.05) is 43.3 Å². The van der Waals surface area contributed by atoms with Crippen LogP contribution in [0.5, 0.6) is 0 Å². The highest BCUT2D eigenvalue weighted by Gasteiger charge is 2.10. The molecule has 8 heteroatoms. The van der Waals surface area contributed by atoms with Gasteiger partial charge in [0.15, 0.2) is 0 Å². The molecular formula is C16H15BrN6O. The second-order valence-corrected chi connectivity index (χ2v) is 6.09. The number of carbonyl (C=O) groups is 1. The molecule has 0 spiro atoms. The van der Waals surface area contributed by atoms with Crippen LogP contribution < -0.4 is 10.6 Å². The van der Waals surface area contributed by atoms with Crippen molar-refractivity contribution in [1.29, 1.82) is 0 Å². The first kappa shape index (κ1) is 16.1. The lowest BCUT2D eigenvalue weighted by Gasteiger charge is -2.15. The molecule has 1 aromatic heterocycles. The highest BCUT2D eigenvalue weighted by atomic mass is 79.9. The van der Waals surface area contributed by atoms with Crippen molar-refractivity contribution in [3.05, 3.63) is 64.9 Å². The highest BCUT2D eigenvalue weighted by Crippen LogP contribution is 2.18. The molecule has 0 saturated heterocycles. The summed E-state index contributed by atoms with van der Waals surface area (Å²) < 4.78 is 2.52. The van der Waals surface area contributed by atoms with E-state index >= 15 is 0 Å². The lowest BCUT2D eigenvalue weighted by Crippen LogP contribution is -2.31. The second kappa shape index (κ2) is 7.22. The van der Waals surface area contributed by atoms with Gasteiger partial charge in [0.05, 0.1) is 11.7 Å². The summed E-state index contributed by atoms with van der Waals surface area (Å²) in [5, 5.41) is 16.7. The average Bonchev–Trinajstić information content (AvgIpc) is 3.10. The Bertz CT molecular complexity index is 819. The number of nitrogens with zero attached hydrogens (tertiary/aromatic N) is 4. The van der Waals surface area contributed by atoms with Gasteiger partial charge < -0.3 is 10.6 Å². The number of nitrogens with one attached hydrogen (secondary N) is 2. The fraction of sp³-hybridized carbons (Fsp3) is 0.125. The third kappa shape index (κ3) is 3.96. The summed E-state index contributed by atoms with van der Waals surface area (Å²) >= 11 is 3.43. The highest BCUT2D eigenvalue weighted by molar-refractivity contribution is 9.10. The Morgan fingerprint density at radius 3 is 2.67 bits per heavy atom. The van der Waals surface area contributed by atoms with Crippen LogP contribution in [-0.2, 0) is 0 Å². The van der Waals surface area contributed by atoms with E-state index in [1.165, 1.54) is 6.33 Å². The van der Waals surface area contributed by atoms with E-state index < -0.39 is 0 Å². The van der Waals surface area contributed by atoms with Crippen LogP contribution in [0, 0.1) is 0 Å². The lowest BCUT2D eigenvalue weighted by molar-refractivity contribution is 0.249. The number of rotatable bonds is 4. The summed E-state index contributed by atoms with van der Waals surface area (Å²) in [6.45, 7) is 1.93. The first-order chi connectivity index (χ1) is 11.6. The van der Waals surface area contributed by atoms with Crippen LogP contribution in [0.2, 0.25) is 0 Å². The van der Waals surface area contributed by atoms with Crippen molar-refractivity contribution in [2.24, 2.45) is 0 Å². The Labute approximate surface area is 147 Å². The Balaban J connectivity index is 1.60. The summed E-state index contributed by atoms with van der Waals surface area (Å²) in [7, 11) is 0. The van der Waals surface area contributed by atoms with Gasteiger partial charge in [0, 0.05) is 10.2 Å². The number of anilines is 1. The molecule has 7 nitrogen and oxygen atoms in total. The Hall–Kier alpha value is -2.74. The molecule has 2 N–H and O–H groups in total. The minimum absolute atomic E-state index is 0.108. The summed E-state index contributed by atoms with van der Waals surface area (Å²) in [6, 6.07) is 14.7. The molecule has 0 unspecified atom stereocenters. The molecule has 24 heavy (non-hydrogen) atoms. The smallest absolute Gasteiger partial charge is 0.319 e. The van der Waals surface area contributed by atoms with Crippen molar-refractivity contribution >= 4 is 27.6 Å². The quantitative estimate of drug-likeness (QED) is 0.720. The fourth-order valence-electron chi connectivity index (χ4n) is 2.20. The maximum absolute atomic E-state index is 12.1. The monoisotopic (exact) mass is 386 g/mol. The van der Waals surface area contributed by atoms with Gasteiger partial charge in [-0.3, -0.25) is 0 Å². The molecule has 0 radical (unpaired) electrons. The molecule has 2 aromatic carbocycles. The molecule has 0 saturated carbocycles. The van der Waals surface area contributed by atoms with Gasteiger partial charge in [-0.05, 0) is 59.3 Å². The molecule has 3 rings (SSSR count). The molecule has 0 bridgehead atoms. The van der Waals surface area contributed by atoms with Crippen molar-refractivity contribution in [3.63, 3.8) is 0 Å². The maximum atomic E-state index is 12.1. The minimum atomic E-state index is -0.266.